The minimum atomic E-state index is -0.561. The fourth-order valence-electron chi connectivity index (χ4n) is 5.87. The lowest BCUT2D eigenvalue weighted by atomic mass is 9.45. The summed E-state index contributed by atoms with van der Waals surface area (Å²) in [6.45, 7) is 7.12. The van der Waals surface area contributed by atoms with Crippen LogP contribution in [0.3, 0.4) is 0 Å². The van der Waals surface area contributed by atoms with Crippen molar-refractivity contribution in [1.82, 2.24) is 0 Å². The second-order valence-corrected chi connectivity index (χ2v) is 8.58. The summed E-state index contributed by atoms with van der Waals surface area (Å²) in [5.41, 5.74) is 0.721. The van der Waals surface area contributed by atoms with Crippen molar-refractivity contribution in [3.05, 3.63) is 23.8 Å². The molecule has 3 nitrogen and oxygen atoms in total. The van der Waals surface area contributed by atoms with Crippen LogP contribution in [0.2, 0.25) is 0 Å². The normalized spacial score (nSPS) is 52.0. The van der Waals surface area contributed by atoms with E-state index >= 15 is 0 Å². The maximum Gasteiger partial charge on any atom is 0.178 e. The number of aliphatic hydroxyl groups excluding tert-OH is 1. The van der Waals surface area contributed by atoms with Crippen LogP contribution in [0.1, 0.15) is 46.5 Å². The highest BCUT2D eigenvalue weighted by Crippen LogP contribution is 2.71. The maximum absolute atomic E-state index is 11.3. The molecular weight excluding hydrogens is 276 g/mol. The van der Waals surface area contributed by atoms with Gasteiger partial charge in [-0.1, -0.05) is 37.6 Å². The van der Waals surface area contributed by atoms with Gasteiger partial charge < -0.3 is 14.6 Å². The zero-order valence-electron chi connectivity index (χ0n) is 14.2. The molecule has 5 rings (SSSR count). The van der Waals surface area contributed by atoms with Crippen LogP contribution < -0.4 is 0 Å². The van der Waals surface area contributed by atoms with Crippen molar-refractivity contribution in [1.29, 1.82) is 0 Å². The molecule has 2 fully saturated rings. The summed E-state index contributed by atoms with van der Waals surface area (Å²) in [5.74, 6) is 0.00319. The molecule has 1 saturated carbocycles. The van der Waals surface area contributed by atoms with Crippen LogP contribution in [-0.4, -0.2) is 30.7 Å². The number of hydrogen-bond donors (Lipinski definition) is 1. The predicted octanol–water partition coefficient (Wildman–Crippen LogP) is 3.44. The Morgan fingerprint density at radius 1 is 1.36 bits per heavy atom. The summed E-state index contributed by atoms with van der Waals surface area (Å²) < 4.78 is 12.4. The van der Waals surface area contributed by atoms with Gasteiger partial charge in [0.15, 0.2) is 5.79 Å². The van der Waals surface area contributed by atoms with Gasteiger partial charge in [-0.15, -0.1) is 0 Å². The molecule has 1 heterocycles. The Morgan fingerprint density at radius 3 is 2.82 bits per heavy atom. The van der Waals surface area contributed by atoms with Crippen LogP contribution in [-0.2, 0) is 9.47 Å². The van der Waals surface area contributed by atoms with Crippen LogP contribution in [0.25, 0.3) is 0 Å². The topological polar surface area (TPSA) is 38.7 Å². The fraction of sp³-hybridized carbons (Fsp3) is 0.789. The number of ether oxygens (including phenoxy) is 2. The molecule has 0 aromatic heterocycles. The average molecular weight is 304 g/mol. The molecule has 3 heteroatoms. The number of allylic oxidation sites excluding steroid dienone is 2. The molecule has 2 spiro atoms. The minimum Gasteiger partial charge on any atom is -0.392 e. The summed E-state index contributed by atoms with van der Waals surface area (Å²) in [4.78, 5) is 0. The molecule has 0 radical (unpaired) electrons. The number of methoxy groups -OCH3 is 1. The molecule has 1 saturated heterocycles. The third-order valence-corrected chi connectivity index (χ3v) is 7.19. The third kappa shape index (κ3) is 1.44. The van der Waals surface area contributed by atoms with Crippen molar-refractivity contribution in [2.24, 2.45) is 22.2 Å². The highest BCUT2D eigenvalue weighted by atomic mass is 16.7. The van der Waals surface area contributed by atoms with E-state index in [9.17, 15) is 5.11 Å². The standard InChI is InChI=1S/C19H28O3/c1-13-10-18-9-6-14(13)11-19(18,21-4)22-12-17(18)8-5-7-16(2,3)15(17)20/h5,8,10,14-15,20H,6-7,9,11-12H2,1-4H3/t14-,15-,17+,18-,19-/m1/s1. The first-order valence-electron chi connectivity index (χ1n) is 8.57. The second-order valence-electron chi connectivity index (χ2n) is 8.58. The Hall–Kier alpha value is -0.640. The first kappa shape index (κ1) is 14.9. The van der Waals surface area contributed by atoms with E-state index in [4.69, 9.17) is 9.47 Å². The molecule has 0 aromatic carbocycles. The Labute approximate surface area is 133 Å². The lowest BCUT2D eigenvalue weighted by Gasteiger charge is -2.60. The van der Waals surface area contributed by atoms with E-state index < -0.39 is 11.9 Å². The van der Waals surface area contributed by atoms with E-state index in [0.717, 1.165) is 19.3 Å². The van der Waals surface area contributed by atoms with E-state index in [1.165, 1.54) is 12.0 Å². The first-order valence-corrected chi connectivity index (χ1v) is 8.57. The van der Waals surface area contributed by atoms with Gasteiger partial charge in [0, 0.05) is 13.5 Å². The molecule has 4 aliphatic carbocycles. The molecule has 0 aromatic rings. The van der Waals surface area contributed by atoms with Crippen LogP contribution in [0, 0.1) is 22.2 Å². The summed E-state index contributed by atoms with van der Waals surface area (Å²) >= 11 is 0. The van der Waals surface area contributed by atoms with Gasteiger partial charge in [0.1, 0.15) is 0 Å². The molecule has 2 bridgehead atoms. The van der Waals surface area contributed by atoms with E-state index in [1.54, 1.807) is 7.11 Å². The van der Waals surface area contributed by atoms with Gasteiger partial charge in [0.05, 0.1) is 23.5 Å². The summed E-state index contributed by atoms with van der Waals surface area (Å²) in [6, 6.07) is 0. The fourth-order valence-corrected chi connectivity index (χ4v) is 5.87. The Balaban J connectivity index is 1.94. The molecule has 0 unspecified atom stereocenters. The molecular formula is C19H28O3. The lowest BCUT2D eigenvalue weighted by molar-refractivity contribution is -0.268. The van der Waals surface area contributed by atoms with Gasteiger partial charge in [-0.25, -0.2) is 0 Å². The van der Waals surface area contributed by atoms with E-state index in [0.29, 0.717) is 12.5 Å². The van der Waals surface area contributed by atoms with Gasteiger partial charge in [-0.2, -0.15) is 0 Å². The summed E-state index contributed by atoms with van der Waals surface area (Å²) in [6.07, 6.45) is 10.5. The summed E-state index contributed by atoms with van der Waals surface area (Å²) in [7, 11) is 1.77. The van der Waals surface area contributed by atoms with Gasteiger partial charge in [-0.3, -0.25) is 0 Å². The zero-order valence-corrected chi connectivity index (χ0v) is 14.2. The van der Waals surface area contributed by atoms with E-state index in [1.807, 2.05) is 0 Å². The Kier molecular flexibility index (Phi) is 2.88. The van der Waals surface area contributed by atoms with Crippen LogP contribution in [0.4, 0.5) is 0 Å². The van der Waals surface area contributed by atoms with Gasteiger partial charge >= 0.3 is 0 Å². The number of fused-ring (bicyclic) bond motifs is 1. The van der Waals surface area contributed by atoms with Crippen LogP contribution in [0.15, 0.2) is 23.8 Å². The summed E-state index contributed by atoms with van der Waals surface area (Å²) in [5, 5.41) is 11.3. The zero-order chi connectivity index (χ0) is 15.8. The van der Waals surface area contributed by atoms with Gasteiger partial charge in [0.2, 0.25) is 0 Å². The Morgan fingerprint density at radius 2 is 2.14 bits per heavy atom. The maximum atomic E-state index is 11.3. The van der Waals surface area contributed by atoms with Crippen molar-refractivity contribution in [3.63, 3.8) is 0 Å². The monoisotopic (exact) mass is 304 g/mol. The van der Waals surface area contributed by atoms with E-state index in [2.05, 4.69) is 39.0 Å². The van der Waals surface area contributed by atoms with Crippen molar-refractivity contribution in [2.75, 3.05) is 13.7 Å². The van der Waals surface area contributed by atoms with Gasteiger partial charge in [0.25, 0.3) is 0 Å². The predicted molar refractivity (Wildman–Crippen MR) is 85.2 cm³/mol. The first-order chi connectivity index (χ1) is 10.3. The quantitative estimate of drug-likeness (QED) is 0.754. The molecule has 1 N–H and O–H groups in total. The van der Waals surface area contributed by atoms with Crippen molar-refractivity contribution >= 4 is 0 Å². The van der Waals surface area contributed by atoms with Crippen molar-refractivity contribution in [3.8, 4) is 0 Å². The minimum absolute atomic E-state index is 0.132. The highest BCUT2D eigenvalue weighted by molar-refractivity contribution is 5.36. The lowest BCUT2D eigenvalue weighted by Crippen LogP contribution is -2.63. The average Bonchev–Trinajstić information content (AvgIpc) is 2.77. The molecule has 0 amide bonds. The van der Waals surface area contributed by atoms with Gasteiger partial charge in [-0.05, 0) is 37.5 Å². The SMILES string of the molecule is CO[C@@]12C[C@H]3CC[C@@]1(C=C3C)[C@@]1(C=CCC(C)(C)[C@H]1O)CO2. The molecule has 122 valence electrons. The molecule has 1 aliphatic heterocycles. The molecule has 22 heavy (non-hydrogen) atoms. The number of rotatable bonds is 1. The third-order valence-electron chi connectivity index (χ3n) is 7.19. The largest absolute Gasteiger partial charge is 0.392 e. The van der Waals surface area contributed by atoms with Crippen LogP contribution in [0.5, 0.6) is 0 Å². The Bertz CT molecular complexity index is 563. The highest BCUT2D eigenvalue weighted by Gasteiger charge is 2.74. The van der Waals surface area contributed by atoms with Crippen molar-refractivity contribution in [2.45, 2.75) is 58.3 Å². The number of aliphatic hydroxyl groups is 1. The van der Waals surface area contributed by atoms with E-state index in [-0.39, 0.29) is 16.2 Å². The second kappa shape index (κ2) is 4.25. The van der Waals surface area contributed by atoms with Crippen LogP contribution >= 0.6 is 0 Å². The smallest absolute Gasteiger partial charge is 0.178 e. The molecule has 5 atom stereocenters. The molecule has 5 aliphatic rings. The van der Waals surface area contributed by atoms with Crippen molar-refractivity contribution < 1.29 is 14.6 Å². The number of hydrogen-bond acceptors (Lipinski definition) is 3.